The van der Waals surface area contributed by atoms with Crippen molar-refractivity contribution < 1.29 is 19.1 Å². The van der Waals surface area contributed by atoms with Gasteiger partial charge in [-0.25, -0.2) is 0 Å². The van der Waals surface area contributed by atoms with E-state index in [2.05, 4.69) is 15.5 Å². The lowest BCUT2D eigenvalue weighted by Gasteiger charge is -2.34. The predicted molar refractivity (Wildman–Crippen MR) is 134 cm³/mol. The maximum Gasteiger partial charge on any atom is 0.251 e. The fourth-order valence-electron chi connectivity index (χ4n) is 5.13. The standard InChI is InChI=1S/C27H34N4O4/c1-2-30-17-20(14-26(30)32)16-28-22-9-11-31(12-10-22)23-6-4-21(5-7-23)27(33)29-15-19-3-8-24-25(13-19)35-18-34-24/h3-8,13,20,22,28H,2,9-12,14-18H2,1H3,(H,29,33)/t20-/m1/s1. The lowest BCUT2D eigenvalue weighted by molar-refractivity contribution is -0.127. The monoisotopic (exact) mass is 478 g/mol. The molecule has 0 saturated carbocycles. The zero-order valence-electron chi connectivity index (χ0n) is 20.3. The number of anilines is 1. The Morgan fingerprint density at radius 3 is 2.57 bits per heavy atom. The smallest absolute Gasteiger partial charge is 0.251 e. The molecule has 5 rings (SSSR count). The Balaban J connectivity index is 1.06. The quantitative estimate of drug-likeness (QED) is 0.607. The fourth-order valence-corrected chi connectivity index (χ4v) is 5.13. The minimum Gasteiger partial charge on any atom is -0.454 e. The molecule has 8 heteroatoms. The fraction of sp³-hybridized carbons (Fsp3) is 0.481. The first-order chi connectivity index (χ1) is 17.1. The summed E-state index contributed by atoms with van der Waals surface area (Å²) in [7, 11) is 0. The minimum atomic E-state index is -0.0934. The summed E-state index contributed by atoms with van der Waals surface area (Å²) in [6.45, 7) is 7.31. The number of benzene rings is 2. The third-order valence-corrected chi connectivity index (χ3v) is 7.25. The molecule has 2 amide bonds. The Labute approximate surface area is 206 Å². The van der Waals surface area contributed by atoms with Crippen molar-refractivity contribution in [2.24, 2.45) is 5.92 Å². The molecule has 8 nitrogen and oxygen atoms in total. The highest BCUT2D eigenvalue weighted by molar-refractivity contribution is 5.94. The molecule has 0 bridgehead atoms. The van der Waals surface area contributed by atoms with Gasteiger partial charge in [0.2, 0.25) is 12.7 Å². The van der Waals surface area contributed by atoms with Gasteiger partial charge in [-0.15, -0.1) is 0 Å². The highest BCUT2D eigenvalue weighted by Crippen LogP contribution is 2.32. The molecule has 35 heavy (non-hydrogen) atoms. The van der Waals surface area contributed by atoms with Crippen LogP contribution in [0.25, 0.3) is 0 Å². The average Bonchev–Trinajstić information content (AvgIpc) is 3.51. The normalized spacial score (nSPS) is 19.9. The summed E-state index contributed by atoms with van der Waals surface area (Å²) in [5.74, 6) is 2.09. The number of fused-ring (bicyclic) bond motifs is 1. The van der Waals surface area contributed by atoms with Gasteiger partial charge in [0.1, 0.15) is 0 Å². The van der Waals surface area contributed by atoms with Crippen LogP contribution < -0.4 is 25.0 Å². The molecule has 2 N–H and O–H groups in total. The van der Waals surface area contributed by atoms with Gasteiger partial charge in [-0.2, -0.15) is 0 Å². The molecule has 0 radical (unpaired) electrons. The third kappa shape index (κ3) is 5.53. The van der Waals surface area contributed by atoms with Crippen LogP contribution in [0.5, 0.6) is 11.5 Å². The summed E-state index contributed by atoms with van der Waals surface area (Å²) in [5.41, 5.74) is 2.77. The zero-order valence-corrected chi connectivity index (χ0v) is 20.3. The number of carbonyl (C=O) groups is 2. The van der Waals surface area contributed by atoms with E-state index in [1.807, 2.05) is 54.3 Å². The molecule has 186 valence electrons. The molecular formula is C27H34N4O4. The number of nitrogens with one attached hydrogen (secondary N) is 2. The van der Waals surface area contributed by atoms with Crippen molar-refractivity contribution in [3.63, 3.8) is 0 Å². The van der Waals surface area contributed by atoms with Gasteiger partial charge in [-0.05, 0) is 67.6 Å². The second-order valence-corrected chi connectivity index (χ2v) is 9.59. The molecule has 2 aromatic carbocycles. The Morgan fingerprint density at radius 2 is 1.83 bits per heavy atom. The van der Waals surface area contributed by atoms with E-state index >= 15 is 0 Å². The number of likely N-dealkylation sites (tertiary alicyclic amines) is 1. The molecule has 1 atom stereocenters. The molecule has 2 saturated heterocycles. The lowest BCUT2D eigenvalue weighted by atomic mass is 10.0. The van der Waals surface area contributed by atoms with Crippen LogP contribution in [0.4, 0.5) is 5.69 Å². The molecule has 0 spiro atoms. The van der Waals surface area contributed by atoms with Crippen molar-refractivity contribution in [2.45, 2.75) is 38.8 Å². The van der Waals surface area contributed by atoms with E-state index in [4.69, 9.17) is 9.47 Å². The van der Waals surface area contributed by atoms with E-state index < -0.39 is 0 Å². The molecule has 3 heterocycles. The van der Waals surface area contributed by atoms with E-state index in [0.717, 1.165) is 68.3 Å². The van der Waals surface area contributed by atoms with Crippen LogP contribution in [0.3, 0.4) is 0 Å². The van der Waals surface area contributed by atoms with Gasteiger partial charge in [0.25, 0.3) is 5.91 Å². The minimum absolute atomic E-state index is 0.0934. The summed E-state index contributed by atoms with van der Waals surface area (Å²) in [6.07, 6.45) is 2.84. The van der Waals surface area contributed by atoms with E-state index in [9.17, 15) is 9.59 Å². The Morgan fingerprint density at radius 1 is 1.06 bits per heavy atom. The number of piperidine rings is 1. The maximum absolute atomic E-state index is 12.6. The summed E-state index contributed by atoms with van der Waals surface area (Å²) in [4.78, 5) is 28.9. The van der Waals surface area contributed by atoms with E-state index in [0.29, 0.717) is 36.4 Å². The first kappa shape index (κ1) is 23.5. The number of nitrogens with zero attached hydrogens (tertiary/aromatic N) is 2. The Kier molecular flexibility index (Phi) is 7.08. The summed E-state index contributed by atoms with van der Waals surface area (Å²) < 4.78 is 10.7. The molecule has 0 aliphatic carbocycles. The Bertz CT molecular complexity index is 1050. The van der Waals surface area contributed by atoms with Gasteiger partial charge in [0.15, 0.2) is 11.5 Å². The predicted octanol–water partition coefficient (Wildman–Crippen LogP) is 2.77. The third-order valence-electron chi connectivity index (χ3n) is 7.25. The number of amides is 2. The summed E-state index contributed by atoms with van der Waals surface area (Å²) in [6, 6.07) is 14.1. The molecule has 2 aromatic rings. The van der Waals surface area contributed by atoms with E-state index in [1.165, 1.54) is 0 Å². The van der Waals surface area contributed by atoms with Crippen LogP contribution in [0, 0.1) is 5.92 Å². The summed E-state index contributed by atoms with van der Waals surface area (Å²) in [5, 5.41) is 6.67. The van der Waals surface area contributed by atoms with E-state index in [-0.39, 0.29) is 12.7 Å². The second-order valence-electron chi connectivity index (χ2n) is 9.59. The largest absolute Gasteiger partial charge is 0.454 e. The van der Waals surface area contributed by atoms with Gasteiger partial charge in [-0.3, -0.25) is 9.59 Å². The molecule has 0 unspecified atom stereocenters. The van der Waals surface area contributed by atoms with Crippen LogP contribution in [-0.4, -0.2) is 62.3 Å². The Hall–Kier alpha value is -3.26. The van der Waals surface area contributed by atoms with Crippen molar-refractivity contribution in [3.05, 3.63) is 53.6 Å². The van der Waals surface area contributed by atoms with Crippen molar-refractivity contribution in [1.29, 1.82) is 0 Å². The van der Waals surface area contributed by atoms with Crippen molar-refractivity contribution in [2.75, 3.05) is 44.4 Å². The molecule has 3 aliphatic heterocycles. The highest BCUT2D eigenvalue weighted by atomic mass is 16.7. The van der Waals surface area contributed by atoms with Crippen LogP contribution in [0.15, 0.2) is 42.5 Å². The second kappa shape index (κ2) is 10.6. The number of hydrogen-bond acceptors (Lipinski definition) is 6. The first-order valence-corrected chi connectivity index (χ1v) is 12.6. The topological polar surface area (TPSA) is 83.1 Å². The molecule has 2 fully saturated rings. The highest BCUT2D eigenvalue weighted by Gasteiger charge is 2.29. The van der Waals surface area contributed by atoms with Gasteiger partial charge in [0.05, 0.1) is 0 Å². The average molecular weight is 479 g/mol. The van der Waals surface area contributed by atoms with Gasteiger partial charge < -0.3 is 29.9 Å². The number of ether oxygens (including phenoxy) is 2. The van der Waals surface area contributed by atoms with Gasteiger partial charge in [-0.1, -0.05) is 6.07 Å². The van der Waals surface area contributed by atoms with Crippen LogP contribution in [0.2, 0.25) is 0 Å². The van der Waals surface area contributed by atoms with E-state index in [1.54, 1.807) is 0 Å². The van der Waals surface area contributed by atoms with Crippen LogP contribution in [-0.2, 0) is 11.3 Å². The van der Waals surface area contributed by atoms with Crippen molar-refractivity contribution >= 4 is 17.5 Å². The van der Waals surface area contributed by atoms with Crippen LogP contribution >= 0.6 is 0 Å². The molecular weight excluding hydrogens is 444 g/mol. The van der Waals surface area contributed by atoms with Crippen molar-refractivity contribution in [3.8, 4) is 11.5 Å². The SMILES string of the molecule is CCN1C[C@@H](CNC2CCN(c3ccc(C(=O)NCc4ccc5c(c4)OCO5)cc3)CC2)CC1=O. The van der Waals surface area contributed by atoms with Crippen molar-refractivity contribution in [1.82, 2.24) is 15.5 Å². The van der Waals surface area contributed by atoms with Gasteiger partial charge in [0, 0.05) is 63.0 Å². The molecule has 3 aliphatic rings. The van der Waals surface area contributed by atoms with Crippen LogP contribution in [0.1, 0.15) is 42.1 Å². The number of hydrogen-bond donors (Lipinski definition) is 2. The molecule has 0 aromatic heterocycles. The first-order valence-electron chi connectivity index (χ1n) is 12.6. The number of carbonyl (C=O) groups excluding carboxylic acids is 2. The van der Waals surface area contributed by atoms with Gasteiger partial charge >= 0.3 is 0 Å². The summed E-state index contributed by atoms with van der Waals surface area (Å²) >= 11 is 0. The maximum atomic E-state index is 12.6. The zero-order chi connectivity index (χ0) is 24.2. The lowest BCUT2D eigenvalue weighted by Crippen LogP contribution is -2.44. The number of rotatable bonds is 8.